The second-order valence-corrected chi connectivity index (χ2v) is 3.81. The highest BCUT2D eigenvalue weighted by molar-refractivity contribution is 7.98. The molecule has 0 spiro atoms. The highest BCUT2D eigenvalue weighted by atomic mass is 35.5. The molecule has 0 aliphatic carbocycles. The first-order valence-electron chi connectivity index (χ1n) is 4.54. The van der Waals surface area contributed by atoms with E-state index in [0.29, 0.717) is 10.9 Å². The molecule has 1 aromatic heterocycles. The number of alkyl halides is 1. The minimum atomic E-state index is -0.665. The molecule has 7 heteroatoms. The highest BCUT2D eigenvalue weighted by Gasteiger charge is 2.19. The second kappa shape index (κ2) is 5.91. The number of esters is 1. The van der Waals surface area contributed by atoms with Crippen molar-refractivity contribution in [3.05, 3.63) is 21.7 Å². The van der Waals surface area contributed by atoms with Crippen LogP contribution in [0.3, 0.4) is 0 Å². The molecule has 0 radical (unpaired) electrons. The van der Waals surface area contributed by atoms with Gasteiger partial charge in [-0.1, -0.05) is 0 Å². The van der Waals surface area contributed by atoms with Crippen molar-refractivity contribution in [3.8, 4) is 0 Å². The first-order chi connectivity index (χ1) is 7.63. The molecule has 1 aromatic rings. The molecule has 88 valence electrons. The largest absolute Gasteiger partial charge is 0.462 e. The van der Waals surface area contributed by atoms with Gasteiger partial charge < -0.3 is 9.72 Å². The van der Waals surface area contributed by atoms with Gasteiger partial charge in [-0.05, 0) is 13.2 Å². The highest BCUT2D eigenvalue weighted by Crippen LogP contribution is 2.15. The molecule has 0 saturated carbocycles. The molecule has 0 atom stereocenters. The lowest BCUT2D eigenvalue weighted by Gasteiger charge is -2.06. The summed E-state index contributed by atoms with van der Waals surface area (Å²) in [5.41, 5.74) is -0.586. The fourth-order valence-corrected chi connectivity index (χ4v) is 1.80. The van der Waals surface area contributed by atoms with Crippen LogP contribution in [-0.2, 0) is 10.6 Å². The minimum absolute atomic E-state index is 0.0665. The fourth-order valence-electron chi connectivity index (χ4n) is 1.09. The summed E-state index contributed by atoms with van der Waals surface area (Å²) in [7, 11) is 0. The number of halogens is 1. The zero-order valence-corrected chi connectivity index (χ0v) is 10.4. The number of rotatable bonds is 4. The Bertz CT molecular complexity index is 447. The van der Waals surface area contributed by atoms with Gasteiger partial charge in [0, 0.05) is 0 Å². The summed E-state index contributed by atoms with van der Waals surface area (Å²) in [6, 6.07) is 0. The second-order valence-electron chi connectivity index (χ2n) is 2.75. The van der Waals surface area contributed by atoms with Crippen LogP contribution in [0.5, 0.6) is 0 Å². The first-order valence-corrected chi connectivity index (χ1v) is 6.30. The van der Waals surface area contributed by atoms with Crippen LogP contribution in [0.1, 0.15) is 23.1 Å². The van der Waals surface area contributed by atoms with Gasteiger partial charge in [0.15, 0.2) is 5.56 Å². The van der Waals surface area contributed by atoms with Crippen molar-refractivity contribution >= 4 is 29.3 Å². The van der Waals surface area contributed by atoms with E-state index in [1.165, 1.54) is 11.8 Å². The summed E-state index contributed by atoms with van der Waals surface area (Å²) < 4.78 is 4.78. The smallest absolute Gasteiger partial charge is 0.346 e. The van der Waals surface area contributed by atoms with Crippen molar-refractivity contribution in [1.82, 2.24) is 9.97 Å². The van der Waals surface area contributed by atoms with Gasteiger partial charge in [-0.3, -0.25) is 4.79 Å². The quantitative estimate of drug-likeness (QED) is 0.384. The van der Waals surface area contributed by atoms with Crippen LogP contribution < -0.4 is 5.56 Å². The average molecular weight is 263 g/mol. The third kappa shape index (κ3) is 2.76. The van der Waals surface area contributed by atoms with E-state index in [4.69, 9.17) is 16.3 Å². The number of hydrogen-bond donors (Lipinski definition) is 1. The molecule has 1 N–H and O–H groups in total. The molecule has 5 nitrogen and oxygen atoms in total. The van der Waals surface area contributed by atoms with Crippen LogP contribution in [0.4, 0.5) is 0 Å². The van der Waals surface area contributed by atoms with Crippen molar-refractivity contribution in [2.24, 2.45) is 0 Å². The lowest BCUT2D eigenvalue weighted by molar-refractivity contribution is 0.0519. The van der Waals surface area contributed by atoms with E-state index in [9.17, 15) is 9.59 Å². The topological polar surface area (TPSA) is 72.0 Å². The molecule has 0 aliphatic heterocycles. The van der Waals surface area contributed by atoms with E-state index in [2.05, 4.69) is 9.97 Å². The van der Waals surface area contributed by atoms with Crippen LogP contribution in [0.25, 0.3) is 0 Å². The van der Waals surface area contributed by atoms with Gasteiger partial charge in [0.05, 0.1) is 12.5 Å². The standard InChI is InChI=1S/C9H11ClN2O3S/c1-3-15-9(14)6-7(13)11-5(4-10)12-8(6)16-2/h3-4H2,1-2H3,(H,11,12,13). The Hall–Kier alpha value is -1.01. The fraction of sp³-hybridized carbons (Fsp3) is 0.444. The van der Waals surface area contributed by atoms with Crippen molar-refractivity contribution in [1.29, 1.82) is 0 Å². The number of nitrogens with one attached hydrogen (secondary N) is 1. The Morgan fingerprint density at radius 3 is 2.81 bits per heavy atom. The predicted octanol–water partition coefficient (Wildman–Crippen LogP) is 1.41. The first kappa shape index (κ1) is 13.1. The number of carbonyl (C=O) groups excluding carboxylic acids is 1. The van der Waals surface area contributed by atoms with Crippen LogP contribution >= 0.6 is 23.4 Å². The molecule has 0 unspecified atom stereocenters. The summed E-state index contributed by atoms with van der Waals surface area (Å²) >= 11 is 6.77. The van der Waals surface area contributed by atoms with Crippen molar-refractivity contribution < 1.29 is 9.53 Å². The van der Waals surface area contributed by atoms with E-state index >= 15 is 0 Å². The molecule has 0 aromatic carbocycles. The molecule has 16 heavy (non-hydrogen) atoms. The Morgan fingerprint density at radius 1 is 1.62 bits per heavy atom. The van der Waals surface area contributed by atoms with Gasteiger partial charge in [0.25, 0.3) is 5.56 Å². The van der Waals surface area contributed by atoms with Gasteiger partial charge >= 0.3 is 5.97 Å². The monoisotopic (exact) mass is 262 g/mol. The third-order valence-electron chi connectivity index (χ3n) is 1.73. The summed E-state index contributed by atoms with van der Waals surface area (Å²) in [5.74, 6) is -0.239. The number of hydrogen-bond acceptors (Lipinski definition) is 5. The average Bonchev–Trinajstić information content (AvgIpc) is 2.27. The summed E-state index contributed by atoms with van der Waals surface area (Å²) in [4.78, 5) is 29.6. The van der Waals surface area contributed by atoms with Crippen LogP contribution in [0.2, 0.25) is 0 Å². The zero-order chi connectivity index (χ0) is 12.1. The number of nitrogens with zero attached hydrogens (tertiary/aromatic N) is 1. The van der Waals surface area contributed by atoms with Gasteiger partial charge in [0.1, 0.15) is 10.9 Å². The Morgan fingerprint density at radius 2 is 2.31 bits per heavy atom. The van der Waals surface area contributed by atoms with Crippen LogP contribution in [0.15, 0.2) is 9.82 Å². The van der Waals surface area contributed by atoms with Crippen molar-refractivity contribution in [3.63, 3.8) is 0 Å². The van der Waals surface area contributed by atoms with E-state index in [0.717, 1.165) is 0 Å². The van der Waals surface area contributed by atoms with E-state index < -0.39 is 11.5 Å². The minimum Gasteiger partial charge on any atom is -0.462 e. The van der Waals surface area contributed by atoms with Crippen molar-refractivity contribution in [2.75, 3.05) is 12.9 Å². The number of aromatic nitrogens is 2. The number of ether oxygens (including phenoxy) is 1. The molecular weight excluding hydrogens is 252 g/mol. The molecule has 0 saturated heterocycles. The lowest BCUT2D eigenvalue weighted by atomic mass is 10.3. The maximum absolute atomic E-state index is 11.6. The Labute approximate surface area is 102 Å². The summed E-state index contributed by atoms with van der Waals surface area (Å²) in [6.45, 7) is 1.88. The lowest BCUT2D eigenvalue weighted by Crippen LogP contribution is -2.23. The molecular formula is C9H11ClN2O3S. The molecule has 0 aliphatic rings. The molecule has 1 rings (SSSR count). The molecule has 1 heterocycles. The van der Waals surface area contributed by atoms with Crippen LogP contribution in [-0.4, -0.2) is 28.8 Å². The van der Waals surface area contributed by atoms with Gasteiger partial charge in [-0.2, -0.15) is 0 Å². The SMILES string of the molecule is CCOC(=O)c1c(SC)nc(CCl)[nH]c1=O. The van der Waals surface area contributed by atoms with E-state index in [1.54, 1.807) is 13.2 Å². The number of thioether (sulfide) groups is 1. The summed E-state index contributed by atoms with van der Waals surface area (Å²) in [6.07, 6.45) is 1.72. The predicted molar refractivity (Wildman–Crippen MR) is 62.2 cm³/mol. The Balaban J connectivity index is 3.27. The van der Waals surface area contributed by atoms with Gasteiger partial charge in [-0.25, -0.2) is 9.78 Å². The van der Waals surface area contributed by atoms with Crippen LogP contribution in [0, 0.1) is 0 Å². The van der Waals surface area contributed by atoms with Gasteiger partial charge in [0.2, 0.25) is 0 Å². The maximum Gasteiger partial charge on any atom is 0.346 e. The number of H-pyrrole nitrogens is 1. The molecule has 0 bridgehead atoms. The number of aromatic amines is 1. The maximum atomic E-state index is 11.6. The zero-order valence-electron chi connectivity index (χ0n) is 8.87. The van der Waals surface area contributed by atoms with Crippen molar-refractivity contribution in [2.45, 2.75) is 17.8 Å². The normalized spacial score (nSPS) is 10.2. The number of carbonyl (C=O) groups is 1. The van der Waals surface area contributed by atoms with E-state index in [-0.39, 0.29) is 18.1 Å². The summed E-state index contributed by atoms with van der Waals surface area (Å²) in [5, 5.41) is 0.331. The third-order valence-corrected chi connectivity index (χ3v) is 2.67. The van der Waals surface area contributed by atoms with Gasteiger partial charge in [-0.15, -0.1) is 23.4 Å². The Kier molecular flexibility index (Phi) is 4.82. The van der Waals surface area contributed by atoms with E-state index in [1.807, 2.05) is 0 Å². The molecule has 0 amide bonds. The molecule has 0 fully saturated rings.